The summed E-state index contributed by atoms with van der Waals surface area (Å²) in [4.78, 5) is 4.88. The van der Waals surface area contributed by atoms with Crippen LogP contribution in [0.3, 0.4) is 0 Å². The maximum Gasteiger partial charge on any atom is 0.0472 e. The van der Waals surface area contributed by atoms with Crippen molar-refractivity contribution in [2.24, 2.45) is 0 Å². The minimum absolute atomic E-state index is 0.640. The maximum absolute atomic E-state index is 5.41. The highest BCUT2D eigenvalue weighted by molar-refractivity contribution is 5.26. The van der Waals surface area contributed by atoms with Crippen LogP contribution in [0.2, 0.25) is 0 Å². The third-order valence-corrected chi connectivity index (χ3v) is 3.84. The molecule has 1 aromatic rings. The molecule has 0 atom stereocenters. The van der Waals surface area contributed by atoms with E-state index in [1.165, 1.54) is 42.6 Å². The van der Waals surface area contributed by atoms with Crippen LogP contribution in [-0.2, 0) is 17.6 Å². The van der Waals surface area contributed by atoms with Crippen molar-refractivity contribution >= 4 is 0 Å². The van der Waals surface area contributed by atoms with E-state index in [0.717, 1.165) is 26.1 Å². The lowest BCUT2D eigenvalue weighted by atomic mass is 9.92. The Bertz CT molecular complexity index is 369. The summed E-state index contributed by atoms with van der Waals surface area (Å²) in [5, 5.41) is 0. The van der Waals surface area contributed by atoms with Crippen LogP contribution in [0.15, 0.2) is 12.1 Å². The second-order valence-electron chi connectivity index (χ2n) is 4.94. The number of aryl methyl sites for hydroxylation is 2. The van der Waals surface area contributed by atoms with Crippen molar-refractivity contribution in [2.75, 3.05) is 13.2 Å². The molecule has 16 heavy (non-hydrogen) atoms. The molecule has 0 bridgehead atoms. The van der Waals surface area contributed by atoms with E-state index in [-0.39, 0.29) is 0 Å². The van der Waals surface area contributed by atoms with Crippen molar-refractivity contribution in [3.8, 4) is 0 Å². The Morgan fingerprint density at radius 2 is 1.88 bits per heavy atom. The number of nitrogens with zero attached hydrogens (tertiary/aromatic N) is 1. The average Bonchev–Trinajstić information content (AvgIpc) is 2.39. The zero-order chi connectivity index (χ0) is 10.8. The van der Waals surface area contributed by atoms with Gasteiger partial charge in [0, 0.05) is 30.5 Å². The number of pyridine rings is 1. The third-order valence-electron chi connectivity index (χ3n) is 3.84. The Morgan fingerprint density at radius 1 is 1.06 bits per heavy atom. The first-order valence-electron chi connectivity index (χ1n) is 6.50. The summed E-state index contributed by atoms with van der Waals surface area (Å²) in [5.74, 6) is 0.640. The number of hydrogen-bond donors (Lipinski definition) is 0. The highest BCUT2D eigenvalue weighted by Crippen LogP contribution is 2.28. The quantitative estimate of drug-likeness (QED) is 0.721. The fourth-order valence-electron chi connectivity index (χ4n) is 2.82. The van der Waals surface area contributed by atoms with E-state index in [1.54, 1.807) is 0 Å². The molecule has 0 spiro atoms. The predicted octanol–water partition coefficient (Wildman–Crippen LogP) is 2.85. The number of rotatable bonds is 1. The molecule has 0 N–H and O–H groups in total. The summed E-state index contributed by atoms with van der Waals surface area (Å²) in [6.07, 6.45) is 7.36. The molecular formula is C14H19NO. The van der Waals surface area contributed by atoms with Crippen molar-refractivity contribution in [1.82, 2.24) is 4.98 Å². The minimum Gasteiger partial charge on any atom is -0.381 e. The van der Waals surface area contributed by atoms with E-state index < -0.39 is 0 Å². The Kier molecular flexibility index (Phi) is 2.92. The third kappa shape index (κ3) is 1.99. The standard InChI is InChI=1S/C14H19NO/c1-2-4-13-11(3-1)5-6-14(15-13)12-7-9-16-10-8-12/h5-6,12H,1-4,7-10H2. The monoisotopic (exact) mass is 217 g/mol. The first kappa shape index (κ1) is 10.3. The van der Waals surface area contributed by atoms with Gasteiger partial charge in [0.1, 0.15) is 0 Å². The lowest BCUT2D eigenvalue weighted by Crippen LogP contribution is -2.16. The van der Waals surface area contributed by atoms with Crippen LogP contribution < -0.4 is 0 Å². The Hall–Kier alpha value is -0.890. The molecule has 0 amide bonds. The summed E-state index contributed by atoms with van der Waals surface area (Å²) in [7, 11) is 0. The number of fused-ring (bicyclic) bond motifs is 1. The number of hydrogen-bond acceptors (Lipinski definition) is 2. The molecule has 3 rings (SSSR count). The van der Waals surface area contributed by atoms with E-state index in [1.807, 2.05) is 0 Å². The molecule has 2 aliphatic rings. The van der Waals surface area contributed by atoms with Crippen LogP contribution >= 0.6 is 0 Å². The van der Waals surface area contributed by atoms with Gasteiger partial charge in [-0.1, -0.05) is 6.07 Å². The topological polar surface area (TPSA) is 22.1 Å². The molecule has 1 aliphatic carbocycles. The lowest BCUT2D eigenvalue weighted by molar-refractivity contribution is 0.0844. The van der Waals surface area contributed by atoms with Gasteiger partial charge in [-0.25, -0.2) is 0 Å². The molecule has 2 heterocycles. The van der Waals surface area contributed by atoms with Crippen LogP contribution in [-0.4, -0.2) is 18.2 Å². The number of ether oxygens (including phenoxy) is 1. The molecule has 0 aromatic carbocycles. The van der Waals surface area contributed by atoms with Gasteiger partial charge >= 0.3 is 0 Å². The highest BCUT2D eigenvalue weighted by atomic mass is 16.5. The van der Waals surface area contributed by atoms with Crippen molar-refractivity contribution in [1.29, 1.82) is 0 Å². The molecule has 1 fully saturated rings. The van der Waals surface area contributed by atoms with E-state index in [0.29, 0.717) is 5.92 Å². The van der Waals surface area contributed by atoms with Gasteiger partial charge < -0.3 is 4.74 Å². The molecule has 2 nitrogen and oxygen atoms in total. The summed E-state index contributed by atoms with van der Waals surface area (Å²) in [6.45, 7) is 1.81. The Balaban J connectivity index is 1.84. The molecule has 1 aliphatic heterocycles. The fourth-order valence-corrected chi connectivity index (χ4v) is 2.82. The summed E-state index contributed by atoms with van der Waals surface area (Å²) in [6, 6.07) is 4.56. The van der Waals surface area contributed by atoms with Gasteiger partial charge in [0.2, 0.25) is 0 Å². The molecule has 2 heteroatoms. The van der Waals surface area contributed by atoms with Crippen LogP contribution in [0.4, 0.5) is 0 Å². The van der Waals surface area contributed by atoms with Crippen LogP contribution in [0, 0.1) is 0 Å². The SMILES string of the molecule is c1cc2c(nc1C1CCOCC1)CCCC2. The predicted molar refractivity (Wildman–Crippen MR) is 63.7 cm³/mol. The molecule has 86 valence electrons. The molecule has 1 aromatic heterocycles. The summed E-state index contributed by atoms with van der Waals surface area (Å²) < 4.78 is 5.41. The average molecular weight is 217 g/mol. The van der Waals surface area contributed by atoms with Gasteiger partial charge in [-0.15, -0.1) is 0 Å². The molecular weight excluding hydrogens is 198 g/mol. The Morgan fingerprint density at radius 3 is 2.75 bits per heavy atom. The van der Waals surface area contributed by atoms with Crippen LogP contribution in [0.25, 0.3) is 0 Å². The van der Waals surface area contributed by atoms with Gasteiger partial charge in [0.05, 0.1) is 0 Å². The second-order valence-corrected chi connectivity index (χ2v) is 4.94. The van der Waals surface area contributed by atoms with E-state index in [9.17, 15) is 0 Å². The first-order chi connectivity index (χ1) is 7.93. The van der Waals surface area contributed by atoms with Gasteiger partial charge in [-0.05, 0) is 50.2 Å². The molecule has 0 saturated carbocycles. The largest absolute Gasteiger partial charge is 0.381 e. The van der Waals surface area contributed by atoms with Crippen molar-refractivity contribution in [3.05, 3.63) is 29.1 Å². The summed E-state index contributed by atoms with van der Waals surface area (Å²) >= 11 is 0. The smallest absolute Gasteiger partial charge is 0.0472 e. The Labute approximate surface area is 97.0 Å². The lowest BCUT2D eigenvalue weighted by Gasteiger charge is -2.23. The first-order valence-corrected chi connectivity index (χ1v) is 6.50. The van der Waals surface area contributed by atoms with Crippen molar-refractivity contribution in [3.63, 3.8) is 0 Å². The summed E-state index contributed by atoms with van der Waals surface area (Å²) in [5.41, 5.74) is 4.17. The van der Waals surface area contributed by atoms with E-state index in [4.69, 9.17) is 9.72 Å². The second kappa shape index (κ2) is 4.54. The molecule has 0 unspecified atom stereocenters. The fraction of sp³-hybridized carbons (Fsp3) is 0.643. The van der Waals surface area contributed by atoms with Gasteiger partial charge in [0.15, 0.2) is 0 Å². The normalized spacial score (nSPS) is 21.8. The zero-order valence-corrected chi connectivity index (χ0v) is 9.74. The highest BCUT2D eigenvalue weighted by Gasteiger charge is 2.19. The van der Waals surface area contributed by atoms with E-state index in [2.05, 4.69) is 12.1 Å². The maximum atomic E-state index is 5.41. The minimum atomic E-state index is 0.640. The molecule has 0 radical (unpaired) electrons. The van der Waals surface area contributed by atoms with Gasteiger partial charge in [-0.2, -0.15) is 0 Å². The zero-order valence-electron chi connectivity index (χ0n) is 9.74. The number of aromatic nitrogens is 1. The van der Waals surface area contributed by atoms with Gasteiger partial charge in [0.25, 0.3) is 0 Å². The van der Waals surface area contributed by atoms with Crippen LogP contribution in [0.1, 0.15) is 48.6 Å². The van der Waals surface area contributed by atoms with Crippen molar-refractivity contribution in [2.45, 2.75) is 44.4 Å². The van der Waals surface area contributed by atoms with Crippen LogP contribution in [0.5, 0.6) is 0 Å². The van der Waals surface area contributed by atoms with E-state index >= 15 is 0 Å². The van der Waals surface area contributed by atoms with Crippen molar-refractivity contribution < 1.29 is 4.74 Å². The molecule has 1 saturated heterocycles. The van der Waals surface area contributed by atoms with Gasteiger partial charge in [-0.3, -0.25) is 4.98 Å².